The molecule has 0 spiro atoms. The average Bonchev–Trinajstić information content (AvgIpc) is 2.53. The molecular weight excluding hydrogens is 312 g/mol. The molecule has 0 saturated heterocycles. The number of benzene rings is 1. The SMILES string of the molecule is Cc1ccc(OCCC(=O)OCC(=O)NC(=O)NCC(C)C)cc1. The number of rotatable bonds is 8. The number of ether oxygens (including phenoxy) is 2. The number of urea groups is 1. The maximum absolute atomic E-state index is 11.5. The van der Waals surface area contributed by atoms with E-state index in [1.54, 1.807) is 0 Å². The second-order valence-electron chi connectivity index (χ2n) is 5.72. The molecular formula is C17H24N2O5. The second kappa shape index (κ2) is 10.3. The highest BCUT2D eigenvalue weighted by Gasteiger charge is 2.11. The molecule has 0 fully saturated rings. The van der Waals surface area contributed by atoms with Gasteiger partial charge in [0.25, 0.3) is 5.91 Å². The molecule has 0 aromatic heterocycles. The third-order valence-corrected chi connectivity index (χ3v) is 2.88. The van der Waals surface area contributed by atoms with Crippen molar-refractivity contribution in [1.29, 1.82) is 0 Å². The zero-order valence-corrected chi connectivity index (χ0v) is 14.3. The van der Waals surface area contributed by atoms with Crippen molar-refractivity contribution in [2.75, 3.05) is 19.8 Å². The largest absolute Gasteiger partial charge is 0.493 e. The quantitative estimate of drug-likeness (QED) is 0.706. The van der Waals surface area contributed by atoms with Gasteiger partial charge in [-0.3, -0.25) is 14.9 Å². The fraction of sp³-hybridized carbons (Fsp3) is 0.471. The predicted molar refractivity (Wildman–Crippen MR) is 88.6 cm³/mol. The van der Waals surface area contributed by atoms with E-state index >= 15 is 0 Å². The van der Waals surface area contributed by atoms with Gasteiger partial charge in [-0.1, -0.05) is 31.5 Å². The number of aryl methyl sites for hydroxylation is 1. The summed E-state index contributed by atoms with van der Waals surface area (Å²) in [5.74, 6) is -0.311. The number of imide groups is 1. The highest BCUT2D eigenvalue weighted by Crippen LogP contribution is 2.11. The van der Waals surface area contributed by atoms with E-state index in [0.29, 0.717) is 12.3 Å². The molecule has 0 radical (unpaired) electrons. The Bertz CT molecular complexity index is 555. The van der Waals surface area contributed by atoms with Crippen LogP contribution in [0.15, 0.2) is 24.3 Å². The van der Waals surface area contributed by atoms with Crippen LogP contribution in [0.3, 0.4) is 0 Å². The van der Waals surface area contributed by atoms with Gasteiger partial charge < -0.3 is 14.8 Å². The fourth-order valence-electron chi connectivity index (χ4n) is 1.61. The van der Waals surface area contributed by atoms with E-state index in [9.17, 15) is 14.4 Å². The van der Waals surface area contributed by atoms with Crippen molar-refractivity contribution in [2.45, 2.75) is 27.2 Å². The Hall–Kier alpha value is -2.57. The van der Waals surface area contributed by atoms with Crippen molar-refractivity contribution in [2.24, 2.45) is 5.92 Å². The standard InChI is InChI=1S/C17H24N2O5/c1-12(2)10-18-17(22)19-15(20)11-24-16(21)8-9-23-14-6-4-13(3)5-7-14/h4-7,12H,8-11H2,1-3H3,(H2,18,19,20,22). The third-order valence-electron chi connectivity index (χ3n) is 2.88. The summed E-state index contributed by atoms with van der Waals surface area (Å²) in [6.07, 6.45) is 0.0146. The first-order valence-electron chi connectivity index (χ1n) is 7.79. The lowest BCUT2D eigenvalue weighted by molar-refractivity contribution is -0.148. The van der Waals surface area contributed by atoms with Gasteiger partial charge in [0, 0.05) is 6.54 Å². The Labute approximate surface area is 141 Å². The van der Waals surface area contributed by atoms with Crippen molar-refractivity contribution in [1.82, 2.24) is 10.6 Å². The Kier molecular flexibility index (Phi) is 8.32. The summed E-state index contributed by atoms with van der Waals surface area (Å²) < 4.78 is 10.2. The maximum Gasteiger partial charge on any atom is 0.321 e. The van der Waals surface area contributed by atoms with E-state index in [1.165, 1.54) is 0 Å². The summed E-state index contributed by atoms with van der Waals surface area (Å²) in [6, 6.07) is 6.82. The summed E-state index contributed by atoms with van der Waals surface area (Å²) in [5, 5.41) is 4.61. The first-order chi connectivity index (χ1) is 11.4. The van der Waals surface area contributed by atoms with E-state index in [0.717, 1.165) is 5.56 Å². The van der Waals surface area contributed by atoms with E-state index in [4.69, 9.17) is 9.47 Å². The summed E-state index contributed by atoms with van der Waals surface area (Å²) in [7, 11) is 0. The van der Waals surface area contributed by atoms with Crippen LogP contribution in [0.5, 0.6) is 5.75 Å². The molecule has 0 heterocycles. The first-order valence-corrected chi connectivity index (χ1v) is 7.79. The lowest BCUT2D eigenvalue weighted by Gasteiger charge is -2.09. The zero-order valence-electron chi connectivity index (χ0n) is 14.3. The average molecular weight is 336 g/mol. The minimum atomic E-state index is -0.677. The second-order valence-corrected chi connectivity index (χ2v) is 5.72. The van der Waals surface area contributed by atoms with Crippen molar-refractivity contribution >= 4 is 17.9 Å². The van der Waals surface area contributed by atoms with Crippen LogP contribution in [0.4, 0.5) is 4.79 Å². The first kappa shape index (κ1) is 19.5. The number of carbonyl (C=O) groups is 3. The number of hydrogen-bond donors (Lipinski definition) is 2. The Morgan fingerprint density at radius 3 is 2.42 bits per heavy atom. The van der Waals surface area contributed by atoms with E-state index < -0.39 is 24.5 Å². The Morgan fingerprint density at radius 2 is 1.79 bits per heavy atom. The van der Waals surface area contributed by atoms with E-state index in [2.05, 4.69) is 10.6 Å². The number of amides is 3. The summed E-state index contributed by atoms with van der Waals surface area (Å²) in [4.78, 5) is 34.3. The van der Waals surface area contributed by atoms with E-state index in [-0.39, 0.29) is 18.9 Å². The van der Waals surface area contributed by atoms with Gasteiger partial charge in [0.2, 0.25) is 0 Å². The molecule has 1 rings (SSSR count). The van der Waals surface area contributed by atoms with Crippen LogP contribution in [0.1, 0.15) is 25.8 Å². The lowest BCUT2D eigenvalue weighted by Crippen LogP contribution is -2.42. The molecule has 3 amide bonds. The minimum absolute atomic E-state index is 0.0146. The zero-order chi connectivity index (χ0) is 17.9. The van der Waals surface area contributed by atoms with Crippen LogP contribution in [-0.2, 0) is 14.3 Å². The monoisotopic (exact) mass is 336 g/mol. The molecule has 0 aliphatic carbocycles. The predicted octanol–water partition coefficient (Wildman–Crippen LogP) is 1.79. The number of hydrogen-bond acceptors (Lipinski definition) is 5. The molecule has 0 atom stereocenters. The van der Waals surface area contributed by atoms with Gasteiger partial charge in [-0.25, -0.2) is 4.79 Å². The normalized spacial score (nSPS) is 10.2. The van der Waals surface area contributed by atoms with Crippen molar-refractivity contribution in [3.8, 4) is 5.75 Å². The maximum atomic E-state index is 11.5. The van der Waals surface area contributed by atoms with Crippen LogP contribution in [-0.4, -0.2) is 37.7 Å². The highest BCUT2D eigenvalue weighted by molar-refractivity contribution is 5.95. The Morgan fingerprint density at radius 1 is 1.12 bits per heavy atom. The number of esters is 1. The molecule has 0 saturated carbocycles. The van der Waals surface area contributed by atoms with Crippen LogP contribution >= 0.6 is 0 Å². The number of carbonyl (C=O) groups excluding carboxylic acids is 3. The van der Waals surface area contributed by atoms with Gasteiger partial charge in [-0.2, -0.15) is 0 Å². The molecule has 7 nitrogen and oxygen atoms in total. The van der Waals surface area contributed by atoms with Gasteiger partial charge in [-0.15, -0.1) is 0 Å². The van der Waals surface area contributed by atoms with Crippen LogP contribution in [0.2, 0.25) is 0 Å². The highest BCUT2D eigenvalue weighted by atomic mass is 16.5. The van der Waals surface area contributed by atoms with Gasteiger partial charge in [0.15, 0.2) is 6.61 Å². The summed E-state index contributed by atoms with van der Waals surface area (Å²) in [5.41, 5.74) is 1.12. The van der Waals surface area contributed by atoms with Gasteiger partial charge in [-0.05, 0) is 25.0 Å². The summed E-state index contributed by atoms with van der Waals surface area (Å²) >= 11 is 0. The van der Waals surface area contributed by atoms with Crippen LogP contribution < -0.4 is 15.4 Å². The molecule has 132 valence electrons. The molecule has 1 aromatic carbocycles. The van der Waals surface area contributed by atoms with Gasteiger partial charge in [0.05, 0.1) is 13.0 Å². The smallest absolute Gasteiger partial charge is 0.321 e. The lowest BCUT2D eigenvalue weighted by atomic mass is 10.2. The van der Waals surface area contributed by atoms with Gasteiger partial charge >= 0.3 is 12.0 Å². The fourth-order valence-corrected chi connectivity index (χ4v) is 1.61. The molecule has 1 aromatic rings. The number of nitrogens with one attached hydrogen (secondary N) is 2. The molecule has 24 heavy (non-hydrogen) atoms. The van der Waals surface area contributed by atoms with Gasteiger partial charge in [0.1, 0.15) is 5.75 Å². The molecule has 0 aliphatic heterocycles. The third kappa shape index (κ3) is 8.77. The minimum Gasteiger partial charge on any atom is -0.493 e. The van der Waals surface area contributed by atoms with Crippen LogP contribution in [0.25, 0.3) is 0 Å². The van der Waals surface area contributed by atoms with Crippen molar-refractivity contribution < 1.29 is 23.9 Å². The topological polar surface area (TPSA) is 93.7 Å². The molecule has 7 heteroatoms. The molecule has 0 bridgehead atoms. The molecule has 0 unspecified atom stereocenters. The van der Waals surface area contributed by atoms with Crippen molar-refractivity contribution in [3.63, 3.8) is 0 Å². The van der Waals surface area contributed by atoms with Crippen LogP contribution in [0, 0.1) is 12.8 Å². The van der Waals surface area contributed by atoms with Crippen molar-refractivity contribution in [3.05, 3.63) is 29.8 Å². The van der Waals surface area contributed by atoms with E-state index in [1.807, 2.05) is 45.0 Å². The Balaban J connectivity index is 2.15. The molecule has 2 N–H and O–H groups in total. The summed E-state index contributed by atoms with van der Waals surface area (Å²) in [6.45, 7) is 5.94. The molecule has 0 aliphatic rings.